The largest absolute Gasteiger partial charge is 0.356 e. The maximum absolute atomic E-state index is 13.7. The number of pyridine rings is 1. The molecule has 0 bridgehead atoms. The van der Waals surface area contributed by atoms with Gasteiger partial charge in [-0.25, -0.2) is 4.98 Å². The number of nitrogens with zero attached hydrogens (tertiary/aromatic N) is 4. The van der Waals surface area contributed by atoms with Gasteiger partial charge in [0, 0.05) is 19.3 Å². The third kappa shape index (κ3) is 4.52. The standard InChI is InChI=1S/C27H28N4O2S2/c1-17-11-13-29(14-12-17)24-21(25(32)30-16-18(2)9-10-23(30)28-24)15-22-26(33)31(27(34)35-22)19(3)20-7-5-4-6-8-20/h4-10,15-17,19H,11-14H2,1-3H3/b22-15-/t19-/m1/s1. The molecule has 2 fully saturated rings. The Morgan fingerprint density at radius 1 is 1.11 bits per heavy atom. The van der Waals surface area contributed by atoms with E-state index in [2.05, 4.69) is 11.8 Å². The lowest BCUT2D eigenvalue weighted by atomic mass is 9.99. The van der Waals surface area contributed by atoms with Crippen LogP contribution in [0.3, 0.4) is 0 Å². The zero-order valence-corrected chi connectivity index (χ0v) is 21.7. The van der Waals surface area contributed by atoms with Crippen molar-refractivity contribution in [1.82, 2.24) is 14.3 Å². The summed E-state index contributed by atoms with van der Waals surface area (Å²) in [5, 5.41) is 0. The molecule has 0 unspecified atom stereocenters. The van der Waals surface area contributed by atoms with Gasteiger partial charge in [-0.3, -0.25) is 18.9 Å². The average Bonchev–Trinajstić information content (AvgIpc) is 3.14. The van der Waals surface area contributed by atoms with Crippen LogP contribution in [0.15, 0.2) is 58.4 Å². The molecule has 0 N–H and O–H groups in total. The van der Waals surface area contributed by atoms with Crippen molar-refractivity contribution < 1.29 is 4.79 Å². The van der Waals surface area contributed by atoms with Crippen LogP contribution < -0.4 is 10.5 Å². The molecule has 0 saturated carbocycles. The highest BCUT2D eigenvalue weighted by molar-refractivity contribution is 8.26. The van der Waals surface area contributed by atoms with Crippen LogP contribution in [-0.2, 0) is 4.79 Å². The molecule has 2 saturated heterocycles. The molecule has 35 heavy (non-hydrogen) atoms. The van der Waals surface area contributed by atoms with Gasteiger partial charge in [-0.05, 0) is 55.9 Å². The number of aryl methyl sites for hydroxylation is 1. The van der Waals surface area contributed by atoms with Crippen LogP contribution in [0, 0.1) is 12.8 Å². The smallest absolute Gasteiger partial charge is 0.267 e. The quantitative estimate of drug-likeness (QED) is 0.360. The van der Waals surface area contributed by atoms with Crippen molar-refractivity contribution in [2.75, 3.05) is 18.0 Å². The van der Waals surface area contributed by atoms with Gasteiger partial charge < -0.3 is 4.90 Å². The number of piperidine rings is 1. The number of thioether (sulfide) groups is 1. The Balaban J connectivity index is 1.59. The Bertz CT molecular complexity index is 1390. The van der Waals surface area contributed by atoms with Gasteiger partial charge in [0.1, 0.15) is 15.8 Å². The number of anilines is 1. The van der Waals surface area contributed by atoms with Crippen LogP contribution >= 0.6 is 24.0 Å². The molecule has 180 valence electrons. The average molecular weight is 505 g/mol. The third-order valence-corrected chi connectivity index (χ3v) is 8.17. The van der Waals surface area contributed by atoms with Crippen LogP contribution in [0.25, 0.3) is 11.7 Å². The van der Waals surface area contributed by atoms with Gasteiger partial charge in [-0.1, -0.05) is 67.3 Å². The van der Waals surface area contributed by atoms with E-state index in [9.17, 15) is 9.59 Å². The maximum atomic E-state index is 13.7. The molecule has 2 aromatic heterocycles. The summed E-state index contributed by atoms with van der Waals surface area (Å²) in [6.45, 7) is 7.84. The van der Waals surface area contributed by atoms with Gasteiger partial charge in [-0.2, -0.15) is 0 Å². The number of carbonyl (C=O) groups excluding carboxylic acids is 1. The second-order valence-electron chi connectivity index (χ2n) is 9.40. The maximum Gasteiger partial charge on any atom is 0.267 e. The summed E-state index contributed by atoms with van der Waals surface area (Å²) >= 11 is 6.85. The first-order valence-corrected chi connectivity index (χ1v) is 13.2. The number of benzene rings is 1. The molecule has 6 nitrogen and oxygen atoms in total. The lowest BCUT2D eigenvalue weighted by molar-refractivity contribution is -0.123. The Morgan fingerprint density at radius 3 is 2.54 bits per heavy atom. The monoisotopic (exact) mass is 504 g/mol. The molecule has 2 aliphatic heterocycles. The summed E-state index contributed by atoms with van der Waals surface area (Å²) in [7, 11) is 0. The van der Waals surface area contributed by atoms with E-state index >= 15 is 0 Å². The number of aromatic nitrogens is 2. The Hall–Kier alpha value is -2.97. The molecule has 0 radical (unpaired) electrons. The van der Waals surface area contributed by atoms with E-state index in [-0.39, 0.29) is 17.5 Å². The number of carbonyl (C=O) groups is 1. The minimum Gasteiger partial charge on any atom is -0.356 e. The summed E-state index contributed by atoms with van der Waals surface area (Å²) in [6.07, 6.45) is 5.59. The van der Waals surface area contributed by atoms with Crippen LogP contribution in [-0.4, -0.2) is 37.6 Å². The van der Waals surface area contributed by atoms with E-state index < -0.39 is 0 Å². The summed E-state index contributed by atoms with van der Waals surface area (Å²) in [5.74, 6) is 1.12. The fourth-order valence-corrected chi connectivity index (χ4v) is 6.06. The first-order valence-electron chi connectivity index (χ1n) is 11.9. The summed E-state index contributed by atoms with van der Waals surface area (Å²) < 4.78 is 2.07. The van der Waals surface area contributed by atoms with Crippen molar-refractivity contribution in [3.63, 3.8) is 0 Å². The molecular weight excluding hydrogens is 476 g/mol. The fraction of sp³-hybridized carbons (Fsp3) is 0.333. The molecule has 1 aromatic carbocycles. The molecule has 8 heteroatoms. The highest BCUT2D eigenvalue weighted by Crippen LogP contribution is 2.38. The van der Waals surface area contributed by atoms with Crippen molar-refractivity contribution in [1.29, 1.82) is 0 Å². The van der Waals surface area contributed by atoms with Gasteiger partial charge in [0.05, 0.1) is 16.5 Å². The van der Waals surface area contributed by atoms with E-state index in [1.165, 1.54) is 11.8 Å². The molecular formula is C27H28N4O2S2. The van der Waals surface area contributed by atoms with Crippen LogP contribution in [0.2, 0.25) is 0 Å². The number of amides is 1. The van der Waals surface area contributed by atoms with Crippen molar-refractivity contribution >= 4 is 51.7 Å². The topological polar surface area (TPSA) is 57.9 Å². The second kappa shape index (κ2) is 9.59. The van der Waals surface area contributed by atoms with Gasteiger partial charge in [0.15, 0.2) is 0 Å². The molecule has 5 rings (SSSR count). The van der Waals surface area contributed by atoms with Crippen molar-refractivity contribution in [2.24, 2.45) is 5.92 Å². The zero-order chi connectivity index (χ0) is 24.7. The predicted molar refractivity (Wildman–Crippen MR) is 147 cm³/mol. The minimum atomic E-state index is -0.198. The molecule has 1 atom stereocenters. The van der Waals surface area contributed by atoms with Gasteiger partial charge >= 0.3 is 0 Å². The lowest BCUT2D eigenvalue weighted by Crippen LogP contribution is -2.36. The first kappa shape index (κ1) is 23.8. The molecule has 3 aromatic rings. The van der Waals surface area contributed by atoms with Crippen molar-refractivity contribution in [2.45, 2.75) is 39.7 Å². The van der Waals surface area contributed by atoms with E-state index in [1.807, 2.05) is 56.3 Å². The van der Waals surface area contributed by atoms with E-state index in [1.54, 1.807) is 21.6 Å². The second-order valence-corrected chi connectivity index (χ2v) is 11.1. The van der Waals surface area contributed by atoms with Gasteiger partial charge in [0.2, 0.25) is 0 Å². The summed E-state index contributed by atoms with van der Waals surface area (Å²) in [4.78, 5) is 36.4. The minimum absolute atomic E-state index is 0.173. The molecule has 2 aliphatic rings. The number of fused-ring (bicyclic) bond motifs is 1. The molecule has 1 amide bonds. The number of hydrogen-bond donors (Lipinski definition) is 0. The third-order valence-electron chi connectivity index (χ3n) is 6.84. The van der Waals surface area contributed by atoms with Crippen LogP contribution in [0.4, 0.5) is 5.82 Å². The fourth-order valence-electron chi connectivity index (χ4n) is 4.66. The number of thiocarbonyl (C=S) groups is 1. The summed E-state index contributed by atoms with van der Waals surface area (Å²) in [6, 6.07) is 13.5. The van der Waals surface area contributed by atoms with Gasteiger partial charge in [-0.15, -0.1) is 0 Å². The van der Waals surface area contributed by atoms with Crippen LogP contribution in [0.1, 0.15) is 49.4 Å². The number of rotatable bonds is 4. The molecule has 0 spiro atoms. The Morgan fingerprint density at radius 2 is 1.83 bits per heavy atom. The zero-order valence-electron chi connectivity index (χ0n) is 20.1. The Labute approximate surface area is 214 Å². The van der Waals surface area contributed by atoms with Gasteiger partial charge in [0.25, 0.3) is 11.5 Å². The van der Waals surface area contributed by atoms with Crippen molar-refractivity contribution in [3.05, 3.63) is 80.6 Å². The van der Waals surface area contributed by atoms with Crippen LogP contribution in [0.5, 0.6) is 0 Å². The summed E-state index contributed by atoms with van der Waals surface area (Å²) in [5.41, 5.74) is 2.85. The number of hydrogen-bond acceptors (Lipinski definition) is 6. The lowest BCUT2D eigenvalue weighted by Gasteiger charge is -2.32. The molecule has 0 aliphatic carbocycles. The SMILES string of the molecule is Cc1ccc2nc(N3CCC(C)CC3)c(/C=C3\SC(=S)N([C@H](C)c4ccccc4)C3=O)c(=O)n2c1. The van der Waals surface area contributed by atoms with E-state index in [4.69, 9.17) is 17.2 Å². The normalized spacial score (nSPS) is 19.2. The van der Waals surface area contributed by atoms with E-state index in [0.29, 0.717) is 32.2 Å². The first-order chi connectivity index (χ1) is 16.8. The highest BCUT2D eigenvalue weighted by Gasteiger charge is 2.36. The highest BCUT2D eigenvalue weighted by atomic mass is 32.2. The Kier molecular flexibility index (Phi) is 6.51. The van der Waals surface area contributed by atoms with E-state index in [0.717, 1.165) is 37.1 Å². The van der Waals surface area contributed by atoms with Crippen molar-refractivity contribution in [3.8, 4) is 0 Å². The molecule has 4 heterocycles. The predicted octanol–water partition coefficient (Wildman–Crippen LogP) is 5.20.